The molecular weight excluding hydrogens is 226 g/mol. The maximum Gasteiger partial charge on any atom is 0.188 e. The van der Waals surface area contributed by atoms with E-state index in [9.17, 15) is 0 Å². The summed E-state index contributed by atoms with van der Waals surface area (Å²) in [4.78, 5) is 4.42. The zero-order chi connectivity index (χ0) is 12.6. The van der Waals surface area contributed by atoms with E-state index in [0.717, 1.165) is 19.6 Å². The second-order valence-corrected chi connectivity index (χ2v) is 5.52. The molecule has 0 aromatic carbocycles. The van der Waals surface area contributed by atoms with Crippen molar-refractivity contribution < 1.29 is 4.74 Å². The first kappa shape index (κ1) is 13.7. The zero-order valence-electron chi connectivity index (χ0n) is 11.4. The lowest BCUT2D eigenvalue weighted by Gasteiger charge is -2.16. The highest BCUT2D eigenvalue weighted by molar-refractivity contribution is 5.78. The number of guanidine groups is 1. The summed E-state index contributed by atoms with van der Waals surface area (Å²) in [5.41, 5.74) is 5.94. The second kappa shape index (κ2) is 7.62. The number of aliphatic imine (C=N–C) groups is 1. The van der Waals surface area contributed by atoms with E-state index in [-0.39, 0.29) is 0 Å². The third-order valence-corrected chi connectivity index (χ3v) is 3.96. The van der Waals surface area contributed by atoms with Gasteiger partial charge in [0.15, 0.2) is 5.96 Å². The van der Waals surface area contributed by atoms with Crippen LogP contribution in [-0.4, -0.2) is 31.3 Å². The Hall–Kier alpha value is -0.770. The number of nitrogens with two attached hydrogens (primary N) is 1. The van der Waals surface area contributed by atoms with Crippen molar-refractivity contribution in [3.05, 3.63) is 0 Å². The van der Waals surface area contributed by atoms with Crippen LogP contribution < -0.4 is 11.1 Å². The van der Waals surface area contributed by atoms with Gasteiger partial charge in [0.25, 0.3) is 0 Å². The molecule has 1 saturated heterocycles. The molecule has 0 radical (unpaired) electrons. The van der Waals surface area contributed by atoms with Crippen molar-refractivity contribution in [2.45, 2.75) is 69.9 Å². The molecule has 0 amide bonds. The van der Waals surface area contributed by atoms with Gasteiger partial charge < -0.3 is 15.8 Å². The SMILES string of the molecule is NC(=NCCC1CCCO1)NC1CCCCCC1. The van der Waals surface area contributed by atoms with Gasteiger partial charge in [-0.15, -0.1) is 0 Å². The summed E-state index contributed by atoms with van der Waals surface area (Å²) >= 11 is 0. The van der Waals surface area contributed by atoms with Crippen molar-refractivity contribution in [3.63, 3.8) is 0 Å². The summed E-state index contributed by atoms with van der Waals surface area (Å²) in [6.45, 7) is 1.71. The molecule has 1 atom stereocenters. The van der Waals surface area contributed by atoms with Gasteiger partial charge in [-0.2, -0.15) is 0 Å². The molecule has 0 spiro atoms. The third-order valence-electron chi connectivity index (χ3n) is 3.96. The first-order valence-electron chi connectivity index (χ1n) is 7.52. The highest BCUT2D eigenvalue weighted by Gasteiger charge is 2.15. The van der Waals surface area contributed by atoms with Crippen LogP contribution in [-0.2, 0) is 4.74 Å². The highest BCUT2D eigenvalue weighted by Crippen LogP contribution is 2.17. The number of nitrogens with zero attached hydrogens (tertiary/aromatic N) is 1. The van der Waals surface area contributed by atoms with Crippen LogP contribution in [0.5, 0.6) is 0 Å². The Morgan fingerprint density at radius 3 is 2.56 bits per heavy atom. The molecule has 1 saturated carbocycles. The fraction of sp³-hybridized carbons (Fsp3) is 0.929. The maximum absolute atomic E-state index is 5.94. The van der Waals surface area contributed by atoms with Crippen molar-refractivity contribution in [1.82, 2.24) is 5.32 Å². The van der Waals surface area contributed by atoms with Crippen LogP contribution in [0.2, 0.25) is 0 Å². The Kier molecular flexibility index (Phi) is 5.78. The zero-order valence-corrected chi connectivity index (χ0v) is 11.4. The summed E-state index contributed by atoms with van der Waals surface area (Å²) in [6.07, 6.45) is 11.7. The minimum absolute atomic E-state index is 0.416. The molecule has 18 heavy (non-hydrogen) atoms. The molecule has 4 nitrogen and oxygen atoms in total. The van der Waals surface area contributed by atoms with Gasteiger partial charge in [-0.05, 0) is 32.1 Å². The fourth-order valence-electron chi connectivity index (χ4n) is 2.88. The third kappa shape index (κ3) is 4.84. The molecule has 104 valence electrons. The quantitative estimate of drug-likeness (QED) is 0.458. The molecule has 1 aliphatic carbocycles. The topological polar surface area (TPSA) is 59.6 Å². The minimum Gasteiger partial charge on any atom is -0.378 e. The molecule has 1 heterocycles. The minimum atomic E-state index is 0.416. The van der Waals surface area contributed by atoms with E-state index >= 15 is 0 Å². The Morgan fingerprint density at radius 2 is 1.89 bits per heavy atom. The first-order chi connectivity index (χ1) is 8.84. The molecule has 0 bridgehead atoms. The molecular formula is C14H27N3O. The Balaban J connectivity index is 1.64. The number of nitrogens with one attached hydrogen (secondary N) is 1. The predicted octanol–water partition coefficient (Wildman–Crippen LogP) is 2.18. The van der Waals surface area contributed by atoms with E-state index < -0.39 is 0 Å². The van der Waals surface area contributed by atoms with Gasteiger partial charge in [0.1, 0.15) is 0 Å². The van der Waals surface area contributed by atoms with Gasteiger partial charge in [-0.3, -0.25) is 4.99 Å². The summed E-state index contributed by atoms with van der Waals surface area (Å²) in [6, 6.07) is 0.541. The van der Waals surface area contributed by atoms with E-state index in [0.29, 0.717) is 18.1 Å². The van der Waals surface area contributed by atoms with Crippen LogP contribution in [0.25, 0.3) is 0 Å². The van der Waals surface area contributed by atoms with Crippen molar-refractivity contribution in [1.29, 1.82) is 0 Å². The van der Waals surface area contributed by atoms with Crippen LogP contribution in [0.1, 0.15) is 57.8 Å². The van der Waals surface area contributed by atoms with Gasteiger partial charge >= 0.3 is 0 Å². The molecule has 2 rings (SSSR count). The lowest BCUT2D eigenvalue weighted by atomic mass is 10.1. The molecule has 4 heteroatoms. The van der Waals surface area contributed by atoms with Gasteiger partial charge in [0.2, 0.25) is 0 Å². The predicted molar refractivity (Wildman–Crippen MR) is 74.7 cm³/mol. The average Bonchev–Trinajstić information content (AvgIpc) is 2.74. The van der Waals surface area contributed by atoms with E-state index in [1.54, 1.807) is 0 Å². The molecule has 0 aromatic rings. The average molecular weight is 253 g/mol. The van der Waals surface area contributed by atoms with Crippen molar-refractivity contribution in [3.8, 4) is 0 Å². The number of hydrogen-bond acceptors (Lipinski definition) is 2. The van der Waals surface area contributed by atoms with Crippen molar-refractivity contribution >= 4 is 5.96 Å². The number of rotatable bonds is 4. The first-order valence-corrected chi connectivity index (χ1v) is 7.52. The van der Waals surface area contributed by atoms with Crippen LogP contribution in [0.4, 0.5) is 0 Å². The standard InChI is InChI=1S/C14H27N3O/c15-14(16-10-9-13-8-5-11-18-13)17-12-6-3-1-2-4-7-12/h12-13H,1-11H2,(H3,15,16,17). The lowest BCUT2D eigenvalue weighted by molar-refractivity contribution is 0.106. The monoisotopic (exact) mass is 253 g/mol. The van der Waals surface area contributed by atoms with E-state index in [1.165, 1.54) is 51.4 Å². The molecule has 2 fully saturated rings. The molecule has 2 aliphatic rings. The van der Waals surface area contributed by atoms with Crippen molar-refractivity contribution in [2.24, 2.45) is 10.7 Å². The summed E-state index contributed by atoms with van der Waals surface area (Å²) in [5.74, 6) is 0.625. The molecule has 3 N–H and O–H groups in total. The van der Waals surface area contributed by atoms with E-state index in [2.05, 4.69) is 10.3 Å². The van der Waals surface area contributed by atoms with Crippen molar-refractivity contribution in [2.75, 3.05) is 13.2 Å². The summed E-state index contributed by atoms with van der Waals surface area (Å²) in [5, 5.41) is 3.37. The fourth-order valence-corrected chi connectivity index (χ4v) is 2.88. The molecule has 0 aromatic heterocycles. The normalized spacial score (nSPS) is 27.1. The smallest absolute Gasteiger partial charge is 0.188 e. The maximum atomic E-state index is 5.94. The van der Waals surface area contributed by atoms with Crippen LogP contribution in [0.3, 0.4) is 0 Å². The number of ether oxygens (including phenoxy) is 1. The van der Waals surface area contributed by atoms with E-state index in [4.69, 9.17) is 10.5 Å². The number of hydrogen-bond donors (Lipinski definition) is 2. The Labute approximate surface area is 110 Å². The highest BCUT2D eigenvalue weighted by atomic mass is 16.5. The van der Waals surface area contributed by atoms with Gasteiger partial charge in [0.05, 0.1) is 6.10 Å². The summed E-state index contributed by atoms with van der Waals surface area (Å²) < 4.78 is 5.57. The second-order valence-electron chi connectivity index (χ2n) is 5.52. The van der Waals surface area contributed by atoms with Crippen LogP contribution in [0, 0.1) is 0 Å². The van der Waals surface area contributed by atoms with Crippen LogP contribution >= 0.6 is 0 Å². The Morgan fingerprint density at radius 1 is 1.11 bits per heavy atom. The van der Waals surface area contributed by atoms with Gasteiger partial charge in [-0.1, -0.05) is 25.7 Å². The summed E-state index contributed by atoms with van der Waals surface area (Å²) in [7, 11) is 0. The van der Waals surface area contributed by atoms with E-state index in [1.807, 2.05) is 0 Å². The van der Waals surface area contributed by atoms with Gasteiger partial charge in [-0.25, -0.2) is 0 Å². The Bertz CT molecular complexity index is 254. The molecule has 1 aliphatic heterocycles. The van der Waals surface area contributed by atoms with Crippen LogP contribution in [0.15, 0.2) is 4.99 Å². The largest absolute Gasteiger partial charge is 0.378 e. The molecule has 1 unspecified atom stereocenters. The van der Waals surface area contributed by atoms with Gasteiger partial charge in [0, 0.05) is 19.2 Å². The lowest BCUT2D eigenvalue weighted by Crippen LogP contribution is -2.40.